The molecular weight excluding hydrogens is 264 g/mol. The van der Waals surface area contributed by atoms with Crippen molar-refractivity contribution in [1.82, 2.24) is 0 Å². The molecule has 1 aromatic rings. The van der Waals surface area contributed by atoms with Crippen LogP contribution in [0.25, 0.3) is 5.57 Å². The van der Waals surface area contributed by atoms with E-state index in [0.717, 1.165) is 55.2 Å². The van der Waals surface area contributed by atoms with Crippen molar-refractivity contribution in [2.45, 2.75) is 51.2 Å². The third-order valence-corrected chi connectivity index (χ3v) is 4.30. The zero-order chi connectivity index (χ0) is 14.7. The predicted molar refractivity (Wildman–Crippen MR) is 81.5 cm³/mol. The largest absolute Gasteiger partial charge is 0.425 e. The molecule has 1 atom stereocenters. The van der Waals surface area contributed by atoms with Gasteiger partial charge in [-0.05, 0) is 24.8 Å². The Labute approximate surface area is 125 Å². The predicted octanol–water partition coefficient (Wildman–Crippen LogP) is 4.08. The molecule has 2 heterocycles. The second kappa shape index (κ2) is 6.02. The molecule has 112 valence electrons. The van der Waals surface area contributed by atoms with Crippen molar-refractivity contribution in [3.63, 3.8) is 0 Å². The molecule has 1 fully saturated rings. The van der Waals surface area contributed by atoms with E-state index in [4.69, 9.17) is 9.47 Å². The minimum absolute atomic E-state index is 0.227. The minimum Gasteiger partial charge on any atom is -0.425 e. The van der Waals surface area contributed by atoms with Crippen molar-refractivity contribution in [2.75, 3.05) is 6.61 Å². The quantitative estimate of drug-likeness (QED) is 0.604. The van der Waals surface area contributed by atoms with Gasteiger partial charge in [-0.25, -0.2) is 4.79 Å². The van der Waals surface area contributed by atoms with Gasteiger partial charge in [0.25, 0.3) is 0 Å². The Hall–Kier alpha value is -1.61. The van der Waals surface area contributed by atoms with Gasteiger partial charge in [0, 0.05) is 12.0 Å². The second-order valence-corrected chi connectivity index (χ2v) is 5.77. The van der Waals surface area contributed by atoms with Gasteiger partial charge in [-0.3, -0.25) is 0 Å². The molecular formula is C18H22O3. The Morgan fingerprint density at radius 2 is 2.00 bits per heavy atom. The summed E-state index contributed by atoms with van der Waals surface area (Å²) in [7, 11) is 0. The van der Waals surface area contributed by atoms with Gasteiger partial charge in [0.1, 0.15) is 0 Å². The average molecular weight is 286 g/mol. The standard InChI is InChI=1S/C18H22O3/c1-2-3-5-11-15-16(14-9-6-4-7-10-14)17(19)21-18(15)12-8-13-20-18/h4,6-7,9-10H,2-3,5,8,11-13H2,1H3. The molecule has 3 nitrogen and oxygen atoms in total. The summed E-state index contributed by atoms with van der Waals surface area (Å²) < 4.78 is 11.6. The fraction of sp³-hybridized carbons (Fsp3) is 0.500. The average Bonchev–Trinajstić information content (AvgIpc) is 3.06. The molecule has 21 heavy (non-hydrogen) atoms. The van der Waals surface area contributed by atoms with Crippen LogP contribution in [0.2, 0.25) is 0 Å². The number of hydrogen-bond donors (Lipinski definition) is 0. The summed E-state index contributed by atoms with van der Waals surface area (Å²) in [4.78, 5) is 12.4. The van der Waals surface area contributed by atoms with E-state index in [1.165, 1.54) is 0 Å². The molecule has 2 aliphatic rings. The van der Waals surface area contributed by atoms with Crippen molar-refractivity contribution >= 4 is 11.5 Å². The number of benzene rings is 1. The zero-order valence-corrected chi connectivity index (χ0v) is 12.6. The van der Waals surface area contributed by atoms with E-state index in [0.29, 0.717) is 6.61 Å². The molecule has 3 rings (SSSR count). The highest BCUT2D eigenvalue weighted by Gasteiger charge is 2.50. The summed E-state index contributed by atoms with van der Waals surface area (Å²) in [5.74, 6) is -0.995. The summed E-state index contributed by atoms with van der Waals surface area (Å²) in [6, 6.07) is 9.83. The van der Waals surface area contributed by atoms with Crippen LogP contribution in [-0.4, -0.2) is 18.4 Å². The van der Waals surface area contributed by atoms with Crippen LogP contribution in [0.3, 0.4) is 0 Å². The number of unbranched alkanes of at least 4 members (excludes halogenated alkanes) is 2. The van der Waals surface area contributed by atoms with Gasteiger partial charge in [-0.15, -0.1) is 0 Å². The van der Waals surface area contributed by atoms with Crippen LogP contribution in [0.5, 0.6) is 0 Å². The van der Waals surface area contributed by atoms with Crippen LogP contribution < -0.4 is 0 Å². The smallest absolute Gasteiger partial charge is 0.341 e. The highest BCUT2D eigenvalue weighted by atomic mass is 16.7. The SMILES string of the molecule is CCCCCC1=C(c2ccccc2)C(=O)OC12CCCO2. The maximum Gasteiger partial charge on any atom is 0.341 e. The van der Waals surface area contributed by atoms with Crippen LogP contribution >= 0.6 is 0 Å². The summed E-state index contributed by atoms with van der Waals surface area (Å²) in [6.45, 7) is 2.86. The first-order chi connectivity index (χ1) is 10.3. The molecule has 0 amide bonds. The van der Waals surface area contributed by atoms with Gasteiger partial charge in [0.2, 0.25) is 5.79 Å². The Balaban J connectivity index is 1.99. The highest BCUT2D eigenvalue weighted by molar-refractivity contribution is 6.20. The molecule has 3 heteroatoms. The van der Waals surface area contributed by atoms with E-state index in [2.05, 4.69) is 6.92 Å². The Bertz CT molecular complexity index is 539. The summed E-state index contributed by atoms with van der Waals surface area (Å²) in [5.41, 5.74) is 2.74. The first kappa shape index (κ1) is 14.3. The maximum absolute atomic E-state index is 12.4. The van der Waals surface area contributed by atoms with E-state index < -0.39 is 5.79 Å². The number of carbonyl (C=O) groups excluding carboxylic acids is 1. The van der Waals surface area contributed by atoms with Crippen LogP contribution in [0.4, 0.5) is 0 Å². The van der Waals surface area contributed by atoms with Gasteiger partial charge in [-0.2, -0.15) is 0 Å². The fourth-order valence-electron chi connectivity index (χ4n) is 3.27. The van der Waals surface area contributed by atoms with Crippen LogP contribution in [-0.2, 0) is 14.3 Å². The Kier molecular flexibility index (Phi) is 4.11. The van der Waals surface area contributed by atoms with E-state index in [1.807, 2.05) is 30.3 Å². The zero-order valence-electron chi connectivity index (χ0n) is 12.6. The topological polar surface area (TPSA) is 35.5 Å². The van der Waals surface area contributed by atoms with E-state index >= 15 is 0 Å². The van der Waals surface area contributed by atoms with Gasteiger partial charge in [-0.1, -0.05) is 50.1 Å². The lowest BCUT2D eigenvalue weighted by Gasteiger charge is -2.25. The maximum atomic E-state index is 12.4. The second-order valence-electron chi connectivity index (χ2n) is 5.77. The first-order valence-electron chi connectivity index (χ1n) is 7.93. The number of carbonyl (C=O) groups is 1. The lowest BCUT2D eigenvalue weighted by Crippen LogP contribution is -2.30. The summed E-state index contributed by atoms with van der Waals surface area (Å²) in [5, 5.41) is 0. The van der Waals surface area contributed by atoms with Gasteiger partial charge in [0.15, 0.2) is 0 Å². The molecule has 0 aromatic heterocycles. The number of ether oxygens (including phenoxy) is 2. The van der Waals surface area contributed by atoms with Crippen molar-refractivity contribution in [1.29, 1.82) is 0 Å². The molecule has 1 saturated heterocycles. The molecule has 0 N–H and O–H groups in total. The molecule has 2 aliphatic heterocycles. The molecule has 0 saturated carbocycles. The third-order valence-electron chi connectivity index (χ3n) is 4.30. The number of esters is 1. The molecule has 1 spiro atoms. The Morgan fingerprint density at radius 1 is 1.19 bits per heavy atom. The molecule has 0 aliphatic carbocycles. The van der Waals surface area contributed by atoms with Gasteiger partial charge >= 0.3 is 5.97 Å². The van der Waals surface area contributed by atoms with Gasteiger partial charge < -0.3 is 9.47 Å². The van der Waals surface area contributed by atoms with Crippen molar-refractivity contribution < 1.29 is 14.3 Å². The monoisotopic (exact) mass is 286 g/mol. The summed E-state index contributed by atoms with van der Waals surface area (Å²) in [6.07, 6.45) is 6.02. The first-order valence-corrected chi connectivity index (χ1v) is 7.93. The van der Waals surface area contributed by atoms with E-state index in [-0.39, 0.29) is 5.97 Å². The normalized spacial score (nSPS) is 24.9. The van der Waals surface area contributed by atoms with Crippen LogP contribution in [0.15, 0.2) is 35.9 Å². The Morgan fingerprint density at radius 3 is 2.67 bits per heavy atom. The minimum atomic E-state index is -0.768. The van der Waals surface area contributed by atoms with E-state index in [1.54, 1.807) is 0 Å². The number of hydrogen-bond acceptors (Lipinski definition) is 3. The lowest BCUT2D eigenvalue weighted by molar-refractivity contribution is -0.185. The summed E-state index contributed by atoms with van der Waals surface area (Å²) >= 11 is 0. The van der Waals surface area contributed by atoms with Crippen molar-refractivity contribution in [2.24, 2.45) is 0 Å². The molecule has 1 aromatic carbocycles. The number of rotatable bonds is 5. The molecule has 0 radical (unpaired) electrons. The van der Waals surface area contributed by atoms with Crippen molar-refractivity contribution in [3.8, 4) is 0 Å². The fourth-order valence-corrected chi connectivity index (χ4v) is 3.27. The van der Waals surface area contributed by atoms with Crippen LogP contribution in [0, 0.1) is 0 Å². The lowest BCUT2D eigenvalue weighted by atomic mass is 9.91. The molecule has 0 bridgehead atoms. The van der Waals surface area contributed by atoms with Crippen molar-refractivity contribution in [3.05, 3.63) is 41.5 Å². The van der Waals surface area contributed by atoms with Gasteiger partial charge in [0.05, 0.1) is 12.2 Å². The highest BCUT2D eigenvalue weighted by Crippen LogP contribution is 2.46. The van der Waals surface area contributed by atoms with Crippen LogP contribution in [0.1, 0.15) is 51.0 Å². The van der Waals surface area contributed by atoms with E-state index in [9.17, 15) is 4.79 Å². The third kappa shape index (κ3) is 2.62. The molecule has 1 unspecified atom stereocenters.